The minimum atomic E-state index is -3.32. The molecule has 0 spiro atoms. The minimum absolute atomic E-state index is 0.0185. The number of aromatic nitrogens is 1. The van der Waals surface area contributed by atoms with Gasteiger partial charge in [0.05, 0.1) is 27.6 Å². The van der Waals surface area contributed by atoms with E-state index in [1.54, 1.807) is 13.1 Å². The lowest BCUT2D eigenvalue weighted by Gasteiger charge is -2.08. The molecule has 0 aliphatic rings. The summed E-state index contributed by atoms with van der Waals surface area (Å²) in [6, 6.07) is 12.6. The minimum Gasteiger partial charge on any atom is -0.423 e. The van der Waals surface area contributed by atoms with E-state index in [0.29, 0.717) is 16.5 Å². The Morgan fingerprint density at radius 3 is 2.56 bits per heavy atom. The predicted molar refractivity (Wildman–Crippen MR) is 99.1 cm³/mol. The fourth-order valence-corrected chi connectivity index (χ4v) is 3.33. The summed E-state index contributed by atoms with van der Waals surface area (Å²) in [6.07, 6.45) is 1.60. The van der Waals surface area contributed by atoms with Crippen LogP contribution in [-0.2, 0) is 9.84 Å². The number of rotatable bonds is 5. The molecule has 7 heteroatoms. The van der Waals surface area contributed by atoms with Crippen LogP contribution in [0.1, 0.15) is 12.5 Å². The number of oxazole rings is 1. The van der Waals surface area contributed by atoms with Crippen molar-refractivity contribution in [1.29, 1.82) is 0 Å². The maximum Gasteiger partial charge on any atom is 0.299 e. The van der Waals surface area contributed by atoms with Gasteiger partial charge in [-0.05, 0) is 25.1 Å². The van der Waals surface area contributed by atoms with E-state index in [1.165, 1.54) is 18.2 Å². The van der Waals surface area contributed by atoms with Crippen molar-refractivity contribution in [3.63, 3.8) is 0 Å². The van der Waals surface area contributed by atoms with Crippen LogP contribution in [0.4, 0.5) is 11.7 Å². The second-order valence-corrected chi connectivity index (χ2v) is 8.25. The van der Waals surface area contributed by atoms with Crippen LogP contribution in [0.25, 0.3) is 11.3 Å². The highest BCUT2D eigenvalue weighted by Gasteiger charge is 2.15. The van der Waals surface area contributed by atoms with Crippen molar-refractivity contribution in [3.8, 4) is 11.3 Å². The first-order valence-electron chi connectivity index (χ1n) is 7.71. The van der Waals surface area contributed by atoms with Gasteiger partial charge in [0.2, 0.25) is 0 Å². The molecule has 0 saturated heterocycles. The van der Waals surface area contributed by atoms with Crippen LogP contribution in [0.3, 0.4) is 0 Å². The zero-order valence-electron chi connectivity index (χ0n) is 13.8. The Kier molecular flexibility index (Phi) is 4.83. The SMILES string of the molecule is CCS(=O)(=O)c1ccc(Cl)c(Nc2ncc(-c3ccc(C)cc3)o2)c1. The van der Waals surface area contributed by atoms with E-state index in [9.17, 15) is 8.42 Å². The number of halogens is 1. The third-order valence-electron chi connectivity index (χ3n) is 3.76. The Morgan fingerprint density at radius 2 is 1.88 bits per heavy atom. The predicted octanol–water partition coefficient (Wildman–Crippen LogP) is 4.84. The van der Waals surface area contributed by atoms with E-state index >= 15 is 0 Å². The molecule has 0 amide bonds. The molecule has 0 aliphatic carbocycles. The normalized spacial score (nSPS) is 11.5. The second kappa shape index (κ2) is 6.90. The molecule has 3 rings (SSSR count). The van der Waals surface area contributed by atoms with Gasteiger partial charge in [0.1, 0.15) is 0 Å². The molecule has 1 aromatic heterocycles. The first kappa shape index (κ1) is 17.5. The summed E-state index contributed by atoms with van der Waals surface area (Å²) in [5.41, 5.74) is 2.48. The summed E-state index contributed by atoms with van der Waals surface area (Å²) in [5, 5.41) is 3.32. The van der Waals surface area contributed by atoms with Gasteiger partial charge in [0.25, 0.3) is 6.01 Å². The molecule has 25 heavy (non-hydrogen) atoms. The third kappa shape index (κ3) is 3.86. The highest BCUT2D eigenvalue weighted by Crippen LogP contribution is 2.30. The van der Waals surface area contributed by atoms with Crippen LogP contribution in [0.15, 0.2) is 58.0 Å². The van der Waals surface area contributed by atoms with Crippen LogP contribution >= 0.6 is 11.6 Å². The summed E-state index contributed by atoms with van der Waals surface area (Å²) in [5.74, 6) is 0.626. The second-order valence-electron chi connectivity index (χ2n) is 5.57. The third-order valence-corrected chi connectivity index (χ3v) is 5.82. The molecule has 0 radical (unpaired) electrons. The molecule has 0 unspecified atom stereocenters. The first-order valence-corrected chi connectivity index (χ1v) is 9.74. The topological polar surface area (TPSA) is 72.2 Å². The zero-order valence-corrected chi connectivity index (χ0v) is 15.4. The van der Waals surface area contributed by atoms with Crippen molar-refractivity contribution in [2.45, 2.75) is 18.7 Å². The highest BCUT2D eigenvalue weighted by atomic mass is 35.5. The summed E-state index contributed by atoms with van der Waals surface area (Å²) in [6.45, 7) is 3.61. The van der Waals surface area contributed by atoms with Crippen LogP contribution in [-0.4, -0.2) is 19.2 Å². The zero-order chi connectivity index (χ0) is 18.0. The van der Waals surface area contributed by atoms with Gasteiger partial charge in [0.15, 0.2) is 15.6 Å². The molecular weight excluding hydrogens is 360 g/mol. The molecule has 0 fully saturated rings. The Morgan fingerprint density at radius 1 is 1.16 bits per heavy atom. The first-order chi connectivity index (χ1) is 11.9. The van der Waals surface area contributed by atoms with Crippen LogP contribution in [0, 0.1) is 6.92 Å². The lowest BCUT2D eigenvalue weighted by molar-refractivity contribution is 0.591. The quantitative estimate of drug-likeness (QED) is 0.689. The lowest BCUT2D eigenvalue weighted by atomic mass is 10.1. The van der Waals surface area contributed by atoms with Gasteiger partial charge in [-0.1, -0.05) is 48.4 Å². The molecule has 1 heterocycles. The molecule has 3 aromatic rings. The number of benzene rings is 2. The number of sulfone groups is 1. The van der Waals surface area contributed by atoms with Gasteiger partial charge in [-0.25, -0.2) is 13.4 Å². The van der Waals surface area contributed by atoms with Crippen molar-refractivity contribution in [2.24, 2.45) is 0 Å². The smallest absolute Gasteiger partial charge is 0.299 e. The van der Waals surface area contributed by atoms with E-state index in [1.807, 2.05) is 31.2 Å². The lowest BCUT2D eigenvalue weighted by Crippen LogP contribution is -2.04. The van der Waals surface area contributed by atoms with Crippen LogP contribution in [0.2, 0.25) is 5.02 Å². The average molecular weight is 377 g/mol. The number of anilines is 2. The Bertz CT molecular complexity index is 995. The average Bonchev–Trinajstić information content (AvgIpc) is 3.06. The Balaban J connectivity index is 1.88. The Hall–Kier alpha value is -2.31. The van der Waals surface area contributed by atoms with Crippen molar-refractivity contribution in [2.75, 3.05) is 11.1 Å². The number of hydrogen-bond acceptors (Lipinski definition) is 5. The fourth-order valence-electron chi connectivity index (χ4n) is 2.26. The molecule has 0 aliphatic heterocycles. The van der Waals surface area contributed by atoms with Crippen molar-refractivity contribution in [1.82, 2.24) is 4.98 Å². The molecule has 2 aromatic carbocycles. The van der Waals surface area contributed by atoms with Gasteiger partial charge < -0.3 is 9.73 Å². The monoisotopic (exact) mass is 376 g/mol. The van der Waals surface area contributed by atoms with Crippen molar-refractivity contribution in [3.05, 3.63) is 59.2 Å². The molecule has 0 saturated carbocycles. The number of nitrogens with zero attached hydrogens (tertiary/aromatic N) is 1. The van der Waals surface area contributed by atoms with E-state index in [0.717, 1.165) is 11.1 Å². The maximum absolute atomic E-state index is 12.0. The molecule has 1 N–H and O–H groups in total. The van der Waals surface area contributed by atoms with E-state index in [4.69, 9.17) is 16.0 Å². The Labute approximate surface area is 151 Å². The largest absolute Gasteiger partial charge is 0.423 e. The van der Waals surface area contributed by atoms with Crippen molar-refractivity contribution >= 4 is 33.1 Å². The van der Waals surface area contributed by atoms with E-state index in [2.05, 4.69) is 10.3 Å². The number of nitrogens with one attached hydrogen (secondary N) is 1. The molecule has 130 valence electrons. The fraction of sp³-hybridized carbons (Fsp3) is 0.167. The van der Waals surface area contributed by atoms with E-state index < -0.39 is 9.84 Å². The van der Waals surface area contributed by atoms with Gasteiger partial charge in [-0.2, -0.15) is 0 Å². The van der Waals surface area contributed by atoms with Gasteiger partial charge >= 0.3 is 0 Å². The van der Waals surface area contributed by atoms with Gasteiger partial charge in [0, 0.05) is 5.56 Å². The number of aryl methyl sites for hydroxylation is 1. The molecule has 0 bridgehead atoms. The van der Waals surface area contributed by atoms with Crippen LogP contribution < -0.4 is 5.32 Å². The maximum atomic E-state index is 12.0. The molecular formula is C18H17ClN2O3S. The summed E-state index contributed by atoms with van der Waals surface area (Å²) < 4.78 is 29.7. The molecule has 0 atom stereocenters. The van der Waals surface area contributed by atoms with E-state index in [-0.39, 0.29) is 16.7 Å². The van der Waals surface area contributed by atoms with Gasteiger partial charge in [-0.3, -0.25) is 0 Å². The van der Waals surface area contributed by atoms with Gasteiger partial charge in [-0.15, -0.1) is 0 Å². The summed E-state index contributed by atoms with van der Waals surface area (Å²) >= 11 is 6.15. The molecule has 5 nitrogen and oxygen atoms in total. The standard InChI is InChI=1S/C18H17ClN2O3S/c1-3-25(22,23)14-8-9-15(19)16(10-14)21-18-20-11-17(24-18)13-6-4-12(2)5-7-13/h4-11H,3H2,1-2H3,(H,20,21). The highest BCUT2D eigenvalue weighted by molar-refractivity contribution is 7.91. The van der Waals surface area contributed by atoms with Crippen LogP contribution in [0.5, 0.6) is 0 Å². The summed E-state index contributed by atoms with van der Waals surface area (Å²) in [7, 11) is -3.32. The van der Waals surface area contributed by atoms with Crippen molar-refractivity contribution < 1.29 is 12.8 Å². The number of hydrogen-bond donors (Lipinski definition) is 1. The summed E-state index contributed by atoms with van der Waals surface area (Å²) in [4.78, 5) is 4.38.